The van der Waals surface area contributed by atoms with Gasteiger partial charge in [-0.1, -0.05) is 23.9 Å². The summed E-state index contributed by atoms with van der Waals surface area (Å²) < 4.78 is 19.0. The smallest absolute Gasteiger partial charge is 0.277 e. The standard InChI is InChI=1S/C15H17FN4O2S/c1-11-17-18-15(22-11)23-10-14(21)20-8-6-19(7-9-20)13-5-3-2-4-12(13)16/h2-5H,6-10H2,1H3. The minimum Gasteiger partial charge on any atom is -0.416 e. The summed E-state index contributed by atoms with van der Waals surface area (Å²) in [5, 5.41) is 7.98. The van der Waals surface area contributed by atoms with Gasteiger partial charge >= 0.3 is 0 Å². The molecule has 0 bridgehead atoms. The molecular formula is C15H17FN4O2S. The molecule has 3 rings (SSSR count). The third-order valence-corrected chi connectivity index (χ3v) is 4.46. The molecule has 0 unspecified atom stereocenters. The van der Waals surface area contributed by atoms with Crippen LogP contribution in [0.25, 0.3) is 0 Å². The third-order valence-electron chi connectivity index (χ3n) is 3.65. The maximum atomic E-state index is 13.8. The highest BCUT2D eigenvalue weighted by Crippen LogP contribution is 2.21. The van der Waals surface area contributed by atoms with Gasteiger partial charge in [-0.2, -0.15) is 0 Å². The monoisotopic (exact) mass is 336 g/mol. The van der Waals surface area contributed by atoms with E-state index in [1.165, 1.54) is 17.8 Å². The van der Waals surface area contributed by atoms with Gasteiger partial charge in [0.15, 0.2) is 0 Å². The highest BCUT2D eigenvalue weighted by molar-refractivity contribution is 7.99. The second kappa shape index (κ2) is 6.99. The summed E-state index contributed by atoms with van der Waals surface area (Å²) in [7, 11) is 0. The van der Waals surface area contributed by atoms with E-state index in [2.05, 4.69) is 10.2 Å². The van der Waals surface area contributed by atoms with Crippen molar-refractivity contribution in [2.45, 2.75) is 12.1 Å². The molecule has 6 nitrogen and oxygen atoms in total. The number of amides is 1. The van der Waals surface area contributed by atoms with E-state index >= 15 is 0 Å². The number of aromatic nitrogens is 2. The molecule has 0 aliphatic carbocycles. The quantitative estimate of drug-likeness (QED) is 0.796. The van der Waals surface area contributed by atoms with E-state index in [0.29, 0.717) is 43.0 Å². The van der Waals surface area contributed by atoms with Gasteiger partial charge in [-0.3, -0.25) is 4.79 Å². The lowest BCUT2D eigenvalue weighted by Crippen LogP contribution is -2.49. The minimum absolute atomic E-state index is 0.0269. The van der Waals surface area contributed by atoms with E-state index in [1.807, 2.05) is 11.0 Å². The van der Waals surface area contributed by atoms with Crippen LogP contribution in [0.5, 0.6) is 0 Å². The average molecular weight is 336 g/mol. The molecule has 1 aromatic carbocycles. The SMILES string of the molecule is Cc1nnc(SCC(=O)N2CCN(c3ccccc3F)CC2)o1. The van der Waals surface area contributed by atoms with Crippen LogP contribution in [0, 0.1) is 12.7 Å². The van der Waals surface area contributed by atoms with Crippen molar-refractivity contribution in [3.05, 3.63) is 36.0 Å². The van der Waals surface area contributed by atoms with Crippen molar-refractivity contribution in [2.75, 3.05) is 36.8 Å². The molecule has 0 radical (unpaired) electrons. The summed E-state index contributed by atoms with van der Waals surface area (Å²) in [6.07, 6.45) is 0. The van der Waals surface area contributed by atoms with Crippen LogP contribution in [0.15, 0.2) is 33.9 Å². The number of thioether (sulfide) groups is 1. The molecule has 23 heavy (non-hydrogen) atoms. The van der Waals surface area contributed by atoms with E-state index in [0.717, 1.165) is 0 Å². The van der Waals surface area contributed by atoms with E-state index in [9.17, 15) is 9.18 Å². The lowest BCUT2D eigenvalue weighted by Gasteiger charge is -2.36. The number of para-hydroxylation sites is 1. The van der Waals surface area contributed by atoms with Gasteiger partial charge in [0.05, 0.1) is 11.4 Å². The van der Waals surface area contributed by atoms with Crippen LogP contribution in [0.2, 0.25) is 0 Å². The molecule has 0 saturated carbocycles. The molecule has 2 aromatic rings. The molecule has 122 valence electrons. The predicted molar refractivity (Wildman–Crippen MR) is 85.0 cm³/mol. The Bertz CT molecular complexity index is 686. The zero-order chi connectivity index (χ0) is 16.2. The molecular weight excluding hydrogens is 319 g/mol. The first kappa shape index (κ1) is 15.8. The van der Waals surface area contributed by atoms with Gasteiger partial charge < -0.3 is 14.2 Å². The Morgan fingerprint density at radius 2 is 2.00 bits per heavy atom. The first-order chi connectivity index (χ1) is 11.1. The largest absolute Gasteiger partial charge is 0.416 e. The molecule has 0 N–H and O–H groups in total. The fourth-order valence-electron chi connectivity index (χ4n) is 2.46. The molecule has 2 heterocycles. The Labute approximate surface area is 137 Å². The zero-order valence-electron chi connectivity index (χ0n) is 12.7. The summed E-state index contributed by atoms with van der Waals surface area (Å²) in [5.74, 6) is 0.550. The summed E-state index contributed by atoms with van der Waals surface area (Å²) in [6, 6.07) is 6.71. The van der Waals surface area contributed by atoms with Gasteiger partial charge in [0, 0.05) is 33.1 Å². The van der Waals surface area contributed by atoms with Gasteiger partial charge in [-0.15, -0.1) is 10.2 Å². The molecule has 1 amide bonds. The van der Waals surface area contributed by atoms with Crippen LogP contribution in [-0.4, -0.2) is 52.9 Å². The molecule has 1 fully saturated rings. The van der Waals surface area contributed by atoms with Crippen molar-refractivity contribution in [1.29, 1.82) is 0 Å². The first-order valence-electron chi connectivity index (χ1n) is 7.33. The fourth-order valence-corrected chi connectivity index (χ4v) is 3.16. The summed E-state index contributed by atoms with van der Waals surface area (Å²) in [6.45, 7) is 4.11. The predicted octanol–water partition coefficient (Wildman–Crippen LogP) is 1.96. The van der Waals surface area contributed by atoms with E-state index < -0.39 is 0 Å². The number of nitrogens with zero attached hydrogens (tertiary/aromatic N) is 4. The second-order valence-electron chi connectivity index (χ2n) is 5.19. The van der Waals surface area contributed by atoms with E-state index in [4.69, 9.17) is 4.42 Å². The van der Waals surface area contributed by atoms with Crippen LogP contribution in [0.4, 0.5) is 10.1 Å². The number of aryl methyl sites for hydroxylation is 1. The summed E-state index contributed by atoms with van der Waals surface area (Å²) in [4.78, 5) is 16.0. The van der Waals surface area contributed by atoms with Crippen LogP contribution >= 0.6 is 11.8 Å². The number of hydrogen-bond acceptors (Lipinski definition) is 6. The Morgan fingerprint density at radius 1 is 1.26 bits per heavy atom. The number of piperazine rings is 1. The number of anilines is 1. The van der Waals surface area contributed by atoms with Crippen molar-refractivity contribution in [2.24, 2.45) is 0 Å². The van der Waals surface area contributed by atoms with Crippen molar-refractivity contribution in [3.8, 4) is 0 Å². The number of rotatable bonds is 4. The number of carbonyl (C=O) groups excluding carboxylic acids is 1. The molecule has 0 atom stereocenters. The van der Waals surface area contributed by atoms with Crippen LogP contribution in [-0.2, 0) is 4.79 Å². The summed E-state index contributed by atoms with van der Waals surface area (Å²) in [5.41, 5.74) is 0.593. The molecule has 1 aliphatic rings. The number of hydrogen-bond donors (Lipinski definition) is 0. The van der Waals surface area contributed by atoms with E-state index in [1.54, 1.807) is 24.0 Å². The topological polar surface area (TPSA) is 62.5 Å². The molecule has 1 saturated heterocycles. The minimum atomic E-state index is -0.227. The van der Waals surface area contributed by atoms with Gasteiger partial charge in [0.2, 0.25) is 11.8 Å². The zero-order valence-corrected chi connectivity index (χ0v) is 13.6. The van der Waals surface area contributed by atoms with Crippen LogP contribution in [0.3, 0.4) is 0 Å². The van der Waals surface area contributed by atoms with Crippen molar-refractivity contribution in [3.63, 3.8) is 0 Å². The lowest BCUT2D eigenvalue weighted by atomic mass is 10.2. The second-order valence-corrected chi connectivity index (χ2v) is 6.12. The fraction of sp³-hybridized carbons (Fsp3) is 0.400. The molecule has 8 heteroatoms. The van der Waals surface area contributed by atoms with Gasteiger partial charge in [-0.25, -0.2) is 4.39 Å². The van der Waals surface area contributed by atoms with Crippen LogP contribution < -0.4 is 4.90 Å². The van der Waals surface area contributed by atoms with Crippen molar-refractivity contribution >= 4 is 23.4 Å². The Kier molecular flexibility index (Phi) is 4.80. The Balaban J connectivity index is 1.50. The van der Waals surface area contributed by atoms with E-state index in [-0.39, 0.29) is 17.5 Å². The van der Waals surface area contributed by atoms with Gasteiger partial charge in [-0.05, 0) is 12.1 Å². The molecule has 0 spiro atoms. The maximum Gasteiger partial charge on any atom is 0.277 e. The van der Waals surface area contributed by atoms with Crippen molar-refractivity contribution in [1.82, 2.24) is 15.1 Å². The number of carbonyl (C=O) groups is 1. The highest BCUT2D eigenvalue weighted by atomic mass is 32.2. The normalized spacial score (nSPS) is 15.0. The first-order valence-corrected chi connectivity index (χ1v) is 8.32. The number of benzene rings is 1. The average Bonchev–Trinajstić information content (AvgIpc) is 2.99. The van der Waals surface area contributed by atoms with Gasteiger partial charge in [0.1, 0.15) is 5.82 Å². The molecule has 1 aromatic heterocycles. The van der Waals surface area contributed by atoms with Gasteiger partial charge in [0.25, 0.3) is 5.22 Å². The lowest BCUT2D eigenvalue weighted by molar-refractivity contribution is -0.128. The Hall–Kier alpha value is -2.09. The van der Waals surface area contributed by atoms with Crippen LogP contribution in [0.1, 0.15) is 5.89 Å². The summed E-state index contributed by atoms with van der Waals surface area (Å²) >= 11 is 1.24. The highest BCUT2D eigenvalue weighted by Gasteiger charge is 2.23. The maximum absolute atomic E-state index is 13.8. The molecule has 1 aliphatic heterocycles. The Morgan fingerprint density at radius 3 is 2.65 bits per heavy atom. The third kappa shape index (κ3) is 3.82. The number of halogens is 1. The van der Waals surface area contributed by atoms with Crippen molar-refractivity contribution < 1.29 is 13.6 Å².